The van der Waals surface area contributed by atoms with E-state index in [1.807, 2.05) is 36.4 Å². The summed E-state index contributed by atoms with van der Waals surface area (Å²) in [5.41, 5.74) is 0.414. The molecule has 0 aliphatic heterocycles. The Balaban J connectivity index is 2.96. The molecule has 0 spiro atoms. The standard InChI is InChI=1S/C11H13FINO/c1-3-14(4-2)11(15)8-5-6-10(13)9(12)7-8/h5-7H,3-4H2,1-2H3. The number of halogens is 2. The first kappa shape index (κ1) is 12.4. The normalized spacial score (nSPS) is 10.1. The monoisotopic (exact) mass is 321 g/mol. The molecule has 1 amide bonds. The van der Waals surface area contributed by atoms with Crippen molar-refractivity contribution in [3.63, 3.8) is 0 Å². The summed E-state index contributed by atoms with van der Waals surface area (Å²) < 4.78 is 13.8. The minimum absolute atomic E-state index is 0.115. The minimum atomic E-state index is -0.339. The number of nitrogens with zero attached hydrogens (tertiary/aromatic N) is 1. The highest BCUT2D eigenvalue weighted by Gasteiger charge is 2.13. The number of rotatable bonds is 3. The second-order valence-electron chi connectivity index (χ2n) is 3.11. The van der Waals surface area contributed by atoms with Crippen molar-refractivity contribution >= 4 is 28.5 Å². The van der Waals surface area contributed by atoms with Gasteiger partial charge in [-0.25, -0.2) is 4.39 Å². The molecule has 0 fully saturated rings. The topological polar surface area (TPSA) is 20.3 Å². The Bertz CT molecular complexity index is 364. The molecule has 0 N–H and O–H groups in total. The highest BCUT2D eigenvalue weighted by molar-refractivity contribution is 14.1. The van der Waals surface area contributed by atoms with Gasteiger partial charge in [0.25, 0.3) is 5.91 Å². The molecule has 0 aliphatic rings. The summed E-state index contributed by atoms with van der Waals surface area (Å²) in [6.07, 6.45) is 0. The van der Waals surface area contributed by atoms with Crippen LogP contribution < -0.4 is 0 Å². The van der Waals surface area contributed by atoms with E-state index in [0.29, 0.717) is 22.2 Å². The van der Waals surface area contributed by atoms with Crippen molar-refractivity contribution in [2.75, 3.05) is 13.1 Å². The van der Waals surface area contributed by atoms with Crippen molar-refractivity contribution < 1.29 is 9.18 Å². The van der Waals surface area contributed by atoms with Gasteiger partial charge in [0, 0.05) is 22.2 Å². The molecule has 1 rings (SSSR count). The molecular formula is C11H13FINO. The fourth-order valence-corrected chi connectivity index (χ4v) is 1.66. The number of carbonyl (C=O) groups excluding carboxylic acids is 1. The number of hydrogen-bond donors (Lipinski definition) is 0. The van der Waals surface area contributed by atoms with Crippen molar-refractivity contribution in [2.45, 2.75) is 13.8 Å². The fourth-order valence-electron chi connectivity index (χ4n) is 1.32. The lowest BCUT2D eigenvalue weighted by molar-refractivity contribution is 0.0772. The average Bonchev–Trinajstić information content (AvgIpc) is 2.23. The van der Waals surface area contributed by atoms with Crippen molar-refractivity contribution in [3.8, 4) is 0 Å². The predicted molar refractivity (Wildman–Crippen MR) is 66.4 cm³/mol. The van der Waals surface area contributed by atoms with Crippen LogP contribution in [0.5, 0.6) is 0 Å². The molecule has 82 valence electrons. The van der Waals surface area contributed by atoms with E-state index in [-0.39, 0.29) is 11.7 Å². The van der Waals surface area contributed by atoms with Crippen LogP contribution in [0.25, 0.3) is 0 Å². The van der Waals surface area contributed by atoms with E-state index in [0.717, 1.165) is 0 Å². The Labute approximate surface area is 103 Å². The number of hydrogen-bond acceptors (Lipinski definition) is 1. The Morgan fingerprint density at radius 1 is 1.40 bits per heavy atom. The third kappa shape index (κ3) is 2.90. The van der Waals surface area contributed by atoms with Gasteiger partial charge < -0.3 is 4.90 Å². The quantitative estimate of drug-likeness (QED) is 0.784. The van der Waals surface area contributed by atoms with Crippen LogP contribution in [0.3, 0.4) is 0 Å². The summed E-state index contributed by atoms with van der Waals surface area (Å²) in [4.78, 5) is 13.5. The smallest absolute Gasteiger partial charge is 0.253 e. The van der Waals surface area contributed by atoms with Crippen LogP contribution in [0.2, 0.25) is 0 Å². The van der Waals surface area contributed by atoms with E-state index < -0.39 is 0 Å². The van der Waals surface area contributed by atoms with Gasteiger partial charge in [0.2, 0.25) is 0 Å². The number of carbonyl (C=O) groups is 1. The maximum absolute atomic E-state index is 13.2. The van der Waals surface area contributed by atoms with Gasteiger partial charge in [-0.3, -0.25) is 4.79 Å². The van der Waals surface area contributed by atoms with E-state index in [9.17, 15) is 9.18 Å². The van der Waals surface area contributed by atoms with Crippen LogP contribution >= 0.6 is 22.6 Å². The molecule has 0 heterocycles. The van der Waals surface area contributed by atoms with E-state index in [1.54, 1.807) is 17.0 Å². The first-order valence-corrected chi connectivity index (χ1v) is 5.92. The zero-order valence-corrected chi connectivity index (χ0v) is 10.9. The molecule has 0 saturated carbocycles. The predicted octanol–water partition coefficient (Wildman–Crippen LogP) is 2.91. The van der Waals surface area contributed by atoms with Gasteiger partial charge in [0.05, 0.1) is 0 Å². The zero-order chi connectivity index (χ0) is 11.4. The molecule has 0 saturated heterocycles. The van der Waals surface area contributed by atoms with Crippen molar-refractivity contribution in [2.24, 2.45) is 0 Å². The van der Waals surface area contributed by atoms with Gasteiger partial charge in [-0.05, 0) is 54.6 Å². The van der Waals surface area contributed by atoms with Crippen LogP contribution in [0, 0.1) is 9.39 Å². The van der Waals surface area contributed by atoms with Crippen LogP contribution in [-0.2, 0) is 0 Å². The molecule has 0 radical (unpaired) electrons. The van der Waals surface area contributed by atoms with Crippen LogP contribution in [0.4, 0.5) is 4.39 Å². The highest BCUT2D eigenvalue weighted by atomic mass is 127. The molecule has 0 aromatic heterocycles. The number of amides is 1. The summed E-state index contributed by atoms with van der Waals surface area (Å²) in [6, 6.07) is 4.57. The molecule has 15 heavy (non-hydrogen) atoms. The Morgan fingerprint density at radius 2 is 2.00 bits per heavy atom. The lowest BCUT2D eigenvalue weighted by Crippen LogP contribution is -2.30. The molecular weight excluding hydrogens is 308 g/mol. The molecule has 0 bridgehead atoms. The van der Waals surface area contributed by atoms with Crippen molar-refractivity contribution in [1.29, 1.82) is 0 Å². The number of benzene rings is 1. The van der Waals surface area contributed by atoms with E-state index in [2.05, 4.69) is 0 Å². The summed E-state index contributed by atoms with van der Waals surface area (Å²) in [7, 11) is 0. The third-order valence-corrected chi connectivity index (χ3v) is 3.09. The van der Waals surface area contributed by atoms with Crippen LogP contribution in [-0.4, -0.2) is 23.9 Å². The summed E-state index contributed by atoms with van der Waals surface area (Å²) in [5, 5.41) is 0. The second-order valence-corrected chi connectivity index (χ2v) is 4.27. The maximum atomic E-state index is 13.2. The molecule has 0 atom stereocenters. The Kier molecular flexibility index (Phi) is 4.50. The first-order valence-electron chi connectivity index (χ1n) is 4.84. The average molecular weight is 321 g/mol. The molecule has 1 aromatic carbocycles. The Hall–Kier alpha value is -0.650. The van der Waals surface area contributed by atoms with E-state index >= 15 is 0 Å². The Morgan fingerprint density at radius 3 is 2.47 bits per heavy atom. The van der Waals surface area contributed by atoms with Gasteiger partial charge in [-0.15, -0.1) is 0 Å². The van der Waals surface area contributed by atoms with E-state index in [1.165, 1.54) is 6.07 Å². The molecule has 0 aliphatic carbocycles. The highest BCUT2D eigenvalue weighted by Crippen LogP contribution is 2.14. The lowest BCUT2D eigenvalue weighted by Gasteiger charge is -2.18. The van der Waals surface area contributed by atoms with Gasteiger partial charge >= 0.3 is 0 Å². The SMILES string of the molecule is CCN(CC)C(=O)c1ccc(I)c(F)c1. The molecule has 2 nitrogen and oxygen atoms in total. The second kappa shape index (κ2) is 5.44. The van der Waals surface area contributed by atoms with Crippen molar-refractivity contribution in [1.82, 2.24) is 4.90 Å². The first-order chi connectivity index (χ1) is 7.10. The molecule has 1 aromatic rings. The third-order valence-electron chi connectivity index (χ3n) is 2.22. The maximum Gasteiger partial charge on any atom is 0.253 e. The van der Waals surface area contributed by atoms with Crippen LogP contribution in [0.1, 0.15) is 24.2 Å². The summed E-state index contributed by atoms with van der Waals surface area (Å²) >= 11 is 1.90. The van der Waals surface area contributed by atoms with Crippen molar-refractivity contribution in [3.05, 3.63) is 33.1 Å². The zero-order valence-electron chi connectivity index (χ0n) is 8.76. The van der Waals surface area contributed by atoms with Gasteiger partial charge in [0.15, 0.2) is 0 Å². The van der Waals surface area contributed by atoms with Gasteiger partial charge in [-0.1, -0.05) is 0 Å². The molecule has 4 heteroatoms. The van der Waals surface area contributed by atoms with Gasteiger partial charge in [0.1, 0.15) is 5.82 Å². The van der Waals surface area contributed by atoms with E-state index in [4.69, 9.17) is 0 Å². The lowest BCUT2D eigenvalue weighted by atomic mass is 10.2. The fraction of sp³-hybridized carbons (Fsp3) is 0.364. The largest absolute Gasteiger partial charge is 0.339 e. The molecule has 0 unspecified atom stereocenters. The van der Waals surface area contributed by atoms with Crippen LogP contribution in [0.15, 0.2) is 18.2 Å². The summed E-state index contributed by atoms with van der Waals surface area (Å²) in [5.74, 6) is -0.455. The minimum Gasteiger partial charge on any atom is -0.339 e. The summed E-state index contributed by atoms with van der Waals surface area (Å²) in [6.45, 7) is 5.10. The van der Waals surface area contributed by atoms with Gasteiger partial charge in [-0.2, -0.15) is 0 Å².